The molecule has 0 radical (unpaired) electrons. The second-order valence-electron chi connectivity index (χ2n) is 4.73. The van der Waals surface area contributed by atoms with Gasteiger partial charge in [-0.25, -0.2) is 14.4 Å². The molecule has 1 aromatic carbocycles. The first-order valence-corrected chi connectivity index (χ1v) is 6.44. The summed E-state index contributed by atoms with van der Waals surface area (Å²) in [4.78, 5) is 8.43. The molecule has 1 N–H and O–H groups in total. The number of aromatic nitrogens is 2. The van der Waals surface area contributed by atoms with E-state index in [-0.39, 0.29) is 24.9 Å². The highest BCUT2D eigenvalue weighted by Gasteiger charge is 2.11. The summed E-state index contributed by atoms with van der Waals surface area (Å²) in [6.45, 7) is 3.77. The summed E-state index contributed by atoms with van der Waals surface area (Å²) in [6, 6.07) is 6.40. The van der Waals surface area contributed by atoms with Crippen molar-refractivity contribution in [3.8, 4) is 5.75 Å². The van der Waals surface area contributed by atoms with Gasteiger partial charge in [-0.1, -0.05) is 32.0 Å². The Morgan fingerprint density at radius 1 is 1.30 bits per heavy atom. The van der Waals surface area contributed by atoms with E-state index in [1.807, 2.05) is 13.8 Å². The summed E-state index contributed by atoms with van der Waals surface area (Å²) in [5.41, 5.74) is 0.865. The van der Waals surface area contributed by atoms with E-state index in [1.165, 1.54) is 12.3 Å². The second-order valence-corrected chi connectivity index (χ2v) is 4.73. The molecule has 2 rings (SSSR count). The predicted octanol–water partition coefficient (Wildman–Crippen LogP) is 2.81. The maximum atomic E-state index is 13.5. The van der Waals surface area contributed by atoms with Crippen molar-refractivity contribution in [3.05, 3.63) is 53.4 Å². The number of hydrogen-bond donors (Lipinski definition) is 1. The predicted molar refractivity (Wildman–Crippen MR) is 72.8 cm³/mol. The zero-order chi connectivity index (χ0) is 14.5. The van der Waals surface area contributed by atoms with Crippen LogP contribution in [0.1, 0.15) is 36.8 Å². The van der Waals surface area contributed by atoms with Gasteiger partial charge in [0.2, 0.25) is 0 Å². The third kappa shape index (κ3) is 3.30. The molecule has 0 fully saturated rings. The number of hydrogen-bond acceptors (Lipinski definition) is 4. The highest BCUT2D eigenvalue weighted by molar-refractivity contribution is 5.26. The number of halogens is 1. The first-order chi connectivity index (χ1) is 9.61. The molecule has 0 saturated carbocycles. The van der Waals surface area contributed by atoms with Gasteiger partial charge in [0.25, 0.3) is 0 Å². The molecule has 5 heteroatoms. The van der Waals surface area contributed by atoms with Crippen LogP contribution in [0, 0.1) is 5.82 Å². The summed E-state index contributed by atoms with van der Waals surface area (Å²) in [5, 5.41) is 9.33. The molecule has 0 unspecified atom stereocenters. The average Bonchev–Trinajstić information content (AvgIpc) is 2.46. The van der Waals surface area contributed by atoms with Crippen molar-refractivity contribution in [3.63, 3.8) is 0 Å². The summed E-state index contributed by atoms with van der Waals surface area (Å²) < 4.78 is 19.0. The highest BCUT2D eigenvalue weighted by Crippen LogP contribution is 2.20. The molecule has 0 bridgehead atoms. The topological polar surface area (TPSA) is 55.2 Å². The molecule has 0 spiro atoms. The van der Waals surface area contributed by atoms with E-state index >= 15 is 0 Å². The van der Waals surface area contributed by atoms with Crippen LogP contribution in [0.3, 0.4) is 0 Å². The summed E-state index contributed by atoms with van der Waals surface area (Å²) in [7, 11) is 0. The van der Waals surface area contributed by atoms with Crippen LogP contribution in [0.5, 0.6) is 5.75 Å². The maximum Gasteiger partial charge on any atom is 0.162 e. The third-order valence-electron chi connectivity index (χ3n) is 2.86. The lowest BCUT2D eigenvalue weighted by Gasteiger charge is -2.12. The Bertz CT molecular complexity index is 588. The van der Waals surface area contributed by atoms with Gasteiger partial charge in [-0.3, -0.25) is 0 Å². The van der Waals surface area contributed by atoms with Gasteiger partial charge in [-0.15, -0.1) is 0 Å². The Hall–Kier alpha value is -2.01. The number of nitrogens with zero attached hydrogens (tertiary/aromatic N) is 2. The van der Waals surface area contributed by atoms with Crippen molar-refractivity contribution in [2.45, 2.75) is 33.0 Å². The molecule has 2 aromatic rings. The fourth-order valence-electron chi connectivity index (χ4n) is 1.70. The Kier molecular flexibility index (Phi) is 4.63. The molecule has 106 valence electrons. The monoisotopic (exact) mass is 276 g/mol. The molecule has 0 aliphatic heterocycles. The second kappa shape index (κ2) is 6.43. The zero-order valence-electron chi connectivity index (χ0n) is 11.5. The number of aliphatic hydroxyl groups excluding tert-OH is 1. The molecule has 0 atom stereocenters. The minimum Gasteiger partial charge on any atom is -0.485 e. The van der Waals surface area contributed by atoms with Crippen molar-refractivity contribution in [1.82, 2.24) is 9.97 Å². The number of rotatable bonds is 5. The lowest BCUT2D eigenvalue weighted by molar-refractivity contribution is 0.250. The molecule has 20 heavy (non-hydrogen) atoms. The van der Waals surface area contributed by atoms with Gasteiger partial charge < -0.3 is 9.84 Å². The SMILES string of the molecule is CC(C)c1ncc(OCc2ccccc2F)c(CO)n1. The smallest absolute Gasteiger partial charge is 0.162 e. The van der Waals surface area contributed by atoms with Crippen molar-refractivity contribution in [2.24, 2.45) is 0 Å². The number of ether oxygens (including phenoxy) is 1. The Balaban J connectivity index is 2.15. The number of benzene rings is 1. The molecule has 1 heterocycles. The van der Waals surface area contributed by atoms with E-state index < -0.39 is 0 Å². The Morgan fingerprint density at radius 3 is 2.70 bits per heavy atom. The fourth-order valence-corrected chi connectivity index (χ4v) is 1.70. The molecular formula is C15H17FN2O2. The van der Waals surface area contributed by atoms with Crippen LogP contribution in [0.25, 0.3) is 0 Å². The lowest BCUT2D eigenvalue weighted by Crippen LogP contribution is -2.06. The van der Waals surface area contributed by atoms with E-state index in [9.17, 15) is 9.50 Å². The fraction of sp³-hybridized carbons (Fsp3) is 0.333. The normalized spacial score (nSPS) is 10.8. The van der Waals surface area contributed by atoms with Crippen molar-refractivity contribution >= 4 is 0 Å². The van der Waals surface area contributed by atoms with E-state index in [2.05, 4.69) is 9.97 Å². The molecule has 4 nitrogen and oxygen atoms in total. The first-order valence-electron chi connectivity index (χ1n) is 6.44. The van der Waals surface area contributed by atoms with E-state index in [4.69, 9.17) is 4.74 Å². The first kappa shape index (κ1) is 14.4. The average molecular weight is 276 g/mol. The third-order valence-corrected chi connectivity index (χ3v) is 2.86. The van der Waals surface area contributed by atoms with Crippen molar-refractivity contribution in [2.75, 3.05) is 0 Å². The molecule has 0 saturated heterocycles. The quantitative estimate of drug-likeness (QED) is 0.912. The van der Waals surface area contributed by atoms with Crippen molar-refractivity contribution < 1.29 is 14.2 Å². The number of aliphatic hydroxyl groups is 1. The van der Waals surface area contributed by atoms with E-state index in [0.717, 1.165) is 0 Å². The minimum atomic E-state index is -0.322. The van der Waals surface area contributed by atoms with Crippen LogP contribution in [-0.4, -0.2) is 15.1 Å². The van der Waals surface area contributed by atoms with Crippen LogP contribution >= 0.6 is 0 Å². The summed E-state index contributed by atoms with van der Waals surface area (Å²) in [6.07, 6.45) is 1.52. The Morgan fingerprint density at radius 2 is 2.05 bits per heavy atom. The Labute approximate surface area is 117 Å². The van der Waals surface area contributed by atoms with Crippen molar-refractivity contribution in [1.29, 1.82) is 0 Å². The van der Waals surface area contributed by atoms with Crippen LogP contribution in [0.2, 0.25) is 0 Å². The highest BCUT2D eigenvalue weighted by atomic mass is 19.1. The molecule has 0 amide bonds. The van der Waals surface area contributed by atoms with Crippen LogP contribution in [0.15, 0.2) is 30.5 Å². The van der Waals surface area contributed by atoms with Gasteiger partial charge in [0.15, 0.2) is 5.75 Å². The van der Waals surface area contributed by atoms with Gasteiger partial charge in [0, 0.05) is 11.5 Å². The molecule has 0 aliphatic carbocycles. The molecule has 0 aliphatic rings. The maximum absolute atomic E-state index is 13.5. The van der Waals surface area contributed by atoms with E-state index in [0.29, 0.717) is 22.8 Å². The van der Waals surface area contributed by atoms with Crippen LogP contribution in [0.4, 0.5) is 4.39 Å². The van der Waals surface area contributed by atoms with Crippen LogP contribution in [-0.2, 0) is 13.2 Å². The molecule has 1 aromatic heterocycles. The lowest BCUT2D eigenvalue weighted by atomic mass is 10.2. The molecular weight excluding hydrogens is 259 g/mol. The largest absolute Gasteiger partial charge is 0.485 e. The van der Waals surface area contributed by atoms with Gasteiger partial charge in [0.1, 0.15) is 23.9 Å². The summed E-state index contributed by atoms with van der Waals surface area (Å²) >= 11 is 0. The van der Waals surface area contributed by atoms with Gasteiger partial charge >= 0.3 is 0 Å². The van der Waals surface area contributed by atoms with Gasteiger partial charge in [0.05, 0.1) is 12.8 Å². The van der Waals surface area contributed by atoms with Gasteiger partial charge in [-0.05, 0) is 6.07 Å². The standard InChI is InChI=1S/C15H17FN2O2/c1-10(2)15-17-7-14(13(8-19)18-15)20-9-11-5-3-4-6-12(11)16/h3-7,10,19H,8-9H2,1-2H3. The van der Waals surface area contributed by atoms with Gasteiger partial charge in [-0.2, -0.15) is 0 Å². The zero-order valence-corrected chi connectivity index (χ0v) is 11.5. The van der Waals surface area contributed by atoms with Crippen LogP contribution < -0.4 is 4.74 Å². The minimum absolute atomic E-state index is 0.0735. The summed E-state index contributed by atoms with van der Waals surface area (Å²) in [5.74, 6) is 0.867. The van der Waals surface area contributed by atoms with E-state index in [1.54, 1.807) is 18.2 Å².